The Kier molecular flexibility index (Phi) is 3.18. The number of aromatic nitrogens is 1. The van der Waals surface area contributed by atoms with Crippen LogP contribution in [0.1, 0.15) is 23.2 Å². The Bertz CT molecular complexity index is 351. The van der Waals surface area contributed by atoms with Crippen molar-refractivity contribution in [2.75, 3.05) is 0 Å². The minimum Gasteiger partial charge on any atom is -0.234 e. The Balaban J connectivity index is 3.34. The first-order chi connectivity index (χ1) is 6.73. The van der Waals surface area contributed by atoms with Gasteiger partial charge in [-0.25, -0.2) is 13.8 Å². The summed E-state index contributed by atoms with van der Waals surface area (Å²) in [6.07, 6.45) is -7.63. The SMILES string of the molecule is Cc1cc(C(F)F)nc(Cl)c1C(F)(F)F. The zero-order valence-electron chi connectivity index (χ0n) is 7.37. The second-order valence-corrected chi connectivity index (χ2v) is 3.19. The van der Waals surface area contributed by atoms with E-state index in [0.29, 0.717) is 6.07 Å². The maximum absolute atomic E-state index is 12.3. The molecule has 0 aliphatic carbocycles. The average molecular weight is 246 g/mol. The highest BCUT2D eigenvalue weighted by Crippen LogP contribution is 2.37. The molecule has 7 heteroatoms. The van der Waals surface area contributed by atoms with Gasteiger partial charge in [-0.3, -0.25) is 0 Å². The maximum Gasteiger partial charge on any atom is 0.419 e. The summed E-state index contributed by atoms with van der Waals surface area (Å²) in [5, 5.41) is -0.946. The minimum absolute atomic E-state index is 0.363. The fourth-order valence-electron chi connectivity index (χ4n) is 1.11. The lowest BCUT2D eigenvalue weighted by atomic mass is 10.1. The van der Waals surface area contributed by atoms with E-state index in [-0.39, 0.29) is 5.56 Å². The Morgan fingerprint density at radius 1 is 1.33 bits per heavy atom. The van der Waals surface area contributed by atoms with Crippen LogP contribution >= 0.6 is 11.6 Å². The highest BCUT2D eigenvalue weighted by Gasteiger charge is 2.36. The molecule has 1 aromatic rings. The molecule has 1 rings (SSSR count). The lowest BCUT2D eigenvalue weighted by Crippen LogP contribution is -2.10. The van der Waals surface area contributed by atoms with Gasteiger partial charge in [0.1, 0.15) is 10.8 Å². The average Bonchev–Trinajstić information content (AvgIpc) is 1.99. The lowest BCUT2D eigenvalue weighted by Gasteiger charge is -2.12. The normalized spacial score (nSPS) is 12.3. The Hall–Kier alpha value is -0.910. The van der Waals surface area contributed by atoms with E-state index in [2.05, 4.69) is 4.98 Å². The molecule has 0 aliphatic rings. The molecule has 15 heavy (non-hydrogen) atoms. The fraction of sp³-hybridized carbons (Fsp3) is 0.375. The van der Waals surface area contributed by atoms with Crippen LogP contribution in [0.15, 0.2) is 6.07 Å². The van der Waals surface area contributed by atoms with E-state index in [1.54, 1.807) is 0 Å². The molecule has 0 aliphatic heterocycles. The summed E-state index contributed by atoms with van der Waals surface area (Å²) >= 11 is 5.20. The zero-order chi connectivity index (χ0) is 11.8. The number of rotatable bonds is 1. The molecule has 0 bridgehead atoms. The van der Waals surface area contributed by atoms with Gasteiger partial charge in [0.2, 0.25) is 0 Å². The summed E-state index contributed by atoms with van der Waals surface area (Å²) in [5.41, 5.74) is -2.29. The van der Waals surface area contributed by atoms with Crippen molar-refractivity contribution in [3.63, 3.8) is 0 Å². The Morgan fingerprint density at radius 3 is 2.20 bits per heavy atom. The minimum atomic E-state index is -4.69. The van der Waals surface area contributed by atoms with Crippen LogP contribution in [0.4, 0.5) is 22.0 Å². The first-order valence-corrected chi connectivity index (χ1v) is 4.13. The van der Waals surface area contributed by atoms with Gasteiger partial charge in [-0.05, 0) is 18.6 Å². The number of hydrogen-bond donors (Lipinski definition) is 0. The second-order valence-electron chi connectivity index (χ2n) is 2.83. The van der Waals surface area contributed by atoms with E-state index in [1.165, 1.54) is 0 Å². The Morgan fingerprint density at radius 2 is 1.87 bits per heavy atom. The van der Waals surface area contributed by atoms with Crippen LogP contribution in [0.2, 0.25) is 5.15 Å². The number of alkyl halides is 5. The molecule has 0 unspecified atom stereocenters. The predicted molar refractivity (Wildman–Crippen MR) is 43.9 cm³/mol. The molecule has 1 heterocycles. The topological polar surface area (TPSA) is 12.9 Å². The van der Waals surface area contributed by atoms with E-state index in [4.69, 9.17) is 11.6 Å². The zero-order valence-corrected chi connectivity index (χ0v) is 8.13. The molecule has 0 spiro atoms. The van der Waals surface area contributed by atoms with E-state index >= 15 is 0 Å². The first kappa shape index (κ1) is 12.2. The van der Waals surface area contributed by atoms with Crippen molar-refractivity contribution >= 4 is 11.6 Å². The van der Waals surface area contributed by atoms with Crippen LogP contribution in [0, 0.1) is 6.92 Å². The summed E-state index contributed by atoms with van der Waals surface area (Å²) < 4.78 is 61.3. The van der Waals surface area contributed by atoms with Gasteiger partial charge >= 0.3 is 6.18 Å². The van der Waals surface area contributed by atoms with Crippen LogP contribution in [-0.2, 0) is 6.18 Å². The van der Waals surface area contributed by atoms with Crippen LogP contribution in [-0.4, -0.2) is 4.98 Å². The summed E-state index contributed by atoms with van der Waals surface area (Å²) in [6.45, 7) is 1.06. The van der Waals surface area contributed by atoms with E-state index in [9.17, 15) is 22.0 Å². The molecule has 0 N–H and O–H groups in total. The van der Waals surface area contributed by atoms with Crippen molar-refractivity contribution in [1.29, 1.82) is 0 Å². The fourth-order valence-corrected chi connectivity index (χ4v) is 1.46. The van der Waals surface area contributed by atoms with Crippen molar-refractivity contribution in [2.24, 2.45) is 0 Å². The standard InChI is InChI=1S/C8H5ClF5N/c1-3-2-4(7(10)11)15-6(9)5(3)8(12,13)14/h2,7H,1H3. The van der Waals surface area contributed by atoms with Crippen molar-refractivity contribution in [2.45, 2.75) is 19.5 Å². The third kappa shape index (κ3) is 2.56. The molecule has 0 radical (unpaired) electrons. The van der Waals surface area contributed by atoms with Crippen LogP contribution in [0.25, 0.3) is 0 Å². The molecule has 0 fully saturated rings. The molecule has 0 atom stereocenters. The quantitative estimate of drug-likeness (QED) is 0.538. The summed E-state index contributed by atoms with van der Waals surface area (Å²) in [6, 6.07) is 0.680. The van der Waals surface area contributed by atoms with Crippen molar-refractivity contribution in [1.82, 2.24) is 4.98 Å². The molecular weight excluding hydrogens is 241 g/mol. The van der Waals surface area contributed by atoms with Gasteiger partial charge < -0.3 is 0 Å². The highest BCUT2D eigenvalue weighted by molar-refractivity contribution is 6.30. The number of halogens is 6. The number of pyridine rings is 1. The number of hydrogen-bond acceptors (Lipinski definition) is 1. The van der Waals surface area contributed by atoms with Crippen LogP contribution in [0.5, 0.6) is 0 Å². The predicted octanol–water partition coefficient (Wildman–Crippen LogP) is 4.00. The summed E-state index contributed by atoms with van der Waals surface area (Å²) in [7, 11) is 0. The number of nitrogens with zero attached hydrogens (tertiary/aromatic N) is 1. The summed E-state index contributed by atoms with van der Waals surface area (Å²) in [5.74, 6) is 0. The van der Waals surface area contributed by atoms with Crippen molar-refractivity contribution < 1.29 is 22.0 Å². The molecule has 0 amide bonds. The second kappa shape index (κ2) is 3.92. The smallest absolute Gasteiger partial charge is 0.234 e. The first-order valence-electron chi connectivity index (χ1n) is 3.76. The molecule has 1 aromatic heterocycles. The highest BCUT2D eigenvalue weighted by atomic mass is 35.5. The third-order valence-electron chi connectivity index (χ3n) is 1.70. The Labute approximate surface area is 86.9 Å². The molecule has 1 nitrogen and oxygen atoms in total. The largest absolute Gasteiger partial charge is 0.419 e. The van der Waals surface area contributed by atoms with Gasteiger partial charge in [-0.2, -0.15) is 13.2 Å². The van der Waals surface area contributed by atoms with Gasteiger partial charge in [-0.1, -0.05) is 11.6 Å². The van der Waals surface area contributed by atoms with Crippen molar-refractivity contribution in [3.05, 3.63) is 28.0 Å². The number of aryl methyl sites for hydroxylation is 1. The van der Waals surface area contributed by atoms with Gasteiger partial charge in [0, 0.05) is 0 Å². The van der Waals surface area contributed by atoms with E-state index in [1.807, 2.05) is 0 Å². The van der Waals surface area contributed by atoms with E-state index in [0.717, 1.165) is 6.92 Å². The van der Waals surface area contributed by atoms with Crippen molar-refractivity contribution in [3.8, 4) is 0 Å². The van der Waals surface area contributed by atoms with Crippen LogP contribution in [0.3, 0.4) is 0 Å². The molecule has 0 saturated carbocycles. The van der Waals surface area contributed by atoms with Gasteiger partial charge in [0.25, 0.3) is 6.43 Å². The maximum atomic E-state index is 12.3. The van der Waals surface area contributed by atoms with E-state index < -0.39 is 29.0 Å². The van der Waals surface area contributed by atoms with Gasteiger partial charge in [-0.15, -0.1) is 0 Å². The van der Waals surface area contributed by atoms with Gasteiger partial charge in [0.15, 0.2) is 0 Å². The third-order valence-corrected chi connectivity index (χ3v) is 1.97. The van der Waals surface area contributed by atoms with Gasteiger partial charge in [0.05, 0.1) is 5.56 Å². The molecular formula is C8H5ClF5N. The monoisotopic (exact) mass is 245 g/mol. The van der Waals surface area contributed by atoms with Crippen LogP contribution < -0.4 is 0 Å². The molecule has 0 aromatic carbocycles. The molecule has 0 saturated heterocycles. The summed E-state index contributed by atoms with van der Waals surface area (Å²) in [4.78, 5) is 3.00. The lowest BCUT2D eigenvalue weighted by molar-refractivity contribution is -0.138. The molecule has 84 valence electrons.